The van der Waals surface area contributed by atoms with E-state index in [9.17, 15) is 0 Å². The summed E-state index contributed by atoms with van der Waals surface area (Å²) in [6.45, 7) is 0. The van der Waals surface area contributed by atoms with Crippen molar-refractivity contribution in [1.29, 1.82) is 0 Å². The fourth-order valence-electron chi connectivity index (χ4n) is 2.56. The third-order valence-corrected chi connectivity index (χ3v) is 4.55. The van der Waals surface area contributed by atoms with E-state index in [0.29, 0.717) is 0 Å². The Morgan fingerprint density at radius 3 is 2.95 bits per heavy atom. The molecule has 100 valence electrons. The van der Waals surface area contributed by atoms with Crippen LogP contribution in [0, 0.1) is 0 Å². The number of nitrogens with one attached hydrogen (secondary N) is 1. The first kappa shape index (κ1) is 12.7. The van der Waals surface area contributed by atoms with E-state index < -0.39 is 0 Å². The molecule has 0 saturated heterocycles. The minimum atomic E-state index is 0.141. The lowest BCUT2D eigenvalue weighted by Gasteiger charge is -2.22. The Morgan fingerprint density at radius 2 is 2.21 bits per heavy atom. The molecule has 1 aromatic heterocycles. The number of benzene rings is 1. The summed E-state index contributed by atoms with van der Waals surface area (Å²) in [5, 5.41) is 2.11. The van der Waals surface area contributed by atoms with E-state index in [-0.39, 0.29) is 12.1 Å². The first-order valence-electron chi connectivity index (χ1n) is 6.60. The van der Waals surface area contributed by atoms with Crippen LogP contribution in [0.15, 0.2) is 41.8 Å². The molecule has 0 spiro atoms. The predicted octanol–water partition coefficient (Wildman–Crippen LogP) is 2.52. The van der Waals surface area contributed by atoms with Gasteiger partial charge in [-0.25, -0.2) is 0 Å². The summed E-state index contributed by atoms with van der Waals surface area (Å²) in [6.07, 6.45) is 3.12. The summed E-state index contributed by atoms with van der Waals surface area (Å²) in [5.74, 6) is 6.70. The molecule has 1 aliphatic heterocycles. The molecule has 0 bridgehead atoms. The minimum Gasteiger partial charge on any atom is -0.488 e. The fraction of sp³-hybridized carbons (Fsp3) is 0.333. The average molecular weight is 274 g/mol. The van der Waals surface area contributed by atoms with Crippen LogP contribution >= 0.6 is 11.3 Å². The highest BCUT2D eigenvalue weighted by Crippen LogP contribution is 2.30. The maximum absolute atomic E-state index is 5.99. The lowest BCUT2D eigenvalue weighted by Crippen LogP contribution is -2.46. The molecular formula is C15H18N2OS. The molecule has 2 heterocycles. The molecule has 3 N–H and O–H groups in total. The van der Waals surface area contributed by atoms with Crippen LogP contribution in [0.4, 0.5) is 0 Å². The summed E-state index contributed by atoms with van der Waals surface area (Å²) in [7, 11) is 0. The van der Waals surface area contributed by atoms with Gasteiger partial charge < -0.3 is 4.74 Å². The molecule has 0 radical (unpaired) electrons. The predicted molar refractivity (Wildman–Crippen MR) is 78.3 cm³/mol. The average Bonchev–Trinajstić information content (AvgIpc) is 3.08. The molecule has 3 rings (SSSR count). The zero-order valence-corrected chi connectivity index (χ0v) is 11.5. The second-order valence-corrected chi connectivity index (χ2v) is 5.89. The number of aryl methyl sites for hydroxylation is 1. The van der Waals surface area contributed by atoms with Crippen molar-refractivity contribution >= 4 is 11.3 Å². The number of hydrogen-bond donors (Lipinski definition) is 2. The lowest BCUT2D eigenvalue weighted by molar-refractivity contribution is 0.172. The van der Waals surface area contributed by atoms with Gasteiger partial charge >= 0.3 is 0 Å². The van der Waals surface area contributed by atoms with Crippen LogP contribution in [0.25, 0.3) is 0 Å². The van der Waals surface area contributed by atoms with Crippen LogP contribution in [0.2, 0.25) is 0 Å². The van der Waals surface area contributed by atoms with Gasteiger partial charge in [-0.15, -0.1) is 11.3 Å². The van der Waals surface area contributed by atoms with Gasteiger partial charge in [0.2, 0.25) is 0 Å². The third kappa shape index (κ3) is 2.81. The van der Waals surface area contributed by atoms with Gasteiger partial charge in [0.15, 0.2) is 0 Å². The van der Waals surface area contributed by atoms with Crippen molar-refractivity contribution in [2.75, 3.05) is 0 Å². The summed E-state index contributed by atoms with van der Waals surface area (Å²) < 4.78 is 5.99. The molecule has 2 aromatic rings. The van der Waals surface area contributed by atoms with Gasteiger partial charge in [0, 0.05) is 11.3 Å². The molecule has 0 saturated carbocycles. The number of ether oxygens (including phenoxy) is 1. The Labute approximate surface area is 117 Å². The van der Waals surface area contributed by atoms with Crippen LogP contribution in [-0.2, 0) is 12.8 Å². The van der Waals surface area contributed by atoms with Crippen molar-refractivity contribution in [3.8, 4) is 5.75 Å². The maximum atomic E-state index is 5.99. The molecule has 0 amide bonds. The highest BCUT2D eigenvalue weighted by molar-refractivity contribution is 7.09. The Morgan fingerprint density at radius 1 is 1.32 bits per heavy atom. The van der Waals surface area contributed by atoms with Crippen LogP contribution in [0.5, 0.6) is 5.75 Å². The molecule has 2 atom stereocenters. The van der Waals surface area contributed by atoms with Gasteiger partial charge in [-0.05, 0) is 35.9 Å². The van der Waals surface area contributed by atoms with Gasteiger partial charge in [-0.1, -0.05) is 24.3 Å². The van der Waals surface area contributed by atoms with Crippen molar-refractivity contribution in [3.63, 3.8) is 0 Å². The molecule has 1 aliphatic rings. The zero-order valence-electron chi connectivity index (χ0n) is 10.7. The van der Waals surface area contributed by atoms with Crippen molar-refractivity contribution in [2.45, 2.75) is 31.4 Å². The molecule has 4 heteroatoms. The Kier molecular flexibility index (Phi) is 3.82. The van der Waals surface area contributed by atoms with Gasteiger partial charge in [0.05, 0.1) is 6.04 Å². The van der Waals surface area contributed by atoms with Gasteiger partial charge in [-0.3, -0.25) is 11.3 Å². The number of para-hydroxylation sites is 1. The van der Waals surface area contributed by atoms with Crippen LogP contribution in [0.3, 0.4) is 0 Å². The van der Waals surface area contributed by atoms with Gasteiger partial charge in [0.1, 0.15) is 11.9 Å². The van der Waals surface area contributed by atoms with E-state index in [1.807, 2.05) is 12.1 Å². The van der Waals surface area contributed by atoms with E-state index in [4.69, 9.17) is 10.6 Å². The van der Waals surface area contributed by atoms with E-state index in [1.54, 1.807) is 11.3 Å². The quantitative estimate of drug-likeness (QED) is 0.650. The third-order valence-electron chi connectivity index (χ3n) is 3.62. The topological polar surface area (TPSA) is 47.3 Å². The second kappa shape index (κ2) is 5.74. The molecule has 2 unspecified atom stereocenters. The standard InChI is InChI=1S/C15H18N2OS/c16-17-13(8-7-12-5-3-9-19-12)15-10-11-4-1-2-6-14(11)18-15/h1-6,9,13,15,17H,7-8,10,16H2. The SMILES string of the molecule is NNC(CCc1cccs1)C1Cc2ccccc2O1. The van der Waals surface area contributed by atoms with Crippen molar-refractivity contribution in [3.05, 3.63) is 52.2 Å². The maximum Gasteiger partial charge on any atom is 0.123 e. The van der Waals surface area contributed by atoms with Crippen molar-refractivity contribution in [2.24, 2.45) is 5.84 Å². The summed E-state index contributed by atoms with van der Waals surface area (Å²) in [6, 6.07) is 12.7. The smallest absolute Gasteiger partial charge is 0.123 e. The monoisotopic (exact) mass is 274 g/mol. The van der Waals surface area contributed by atoms with E-state index in [1.165, 1.54) is 10.4 Å². The summed E-state index contributed by atoms with van der Waals surface area (Å²) in [5.41, 5.74) is 4.20. The Hall–Kier alpha value is -1.36. The van der Waals surface area contributed by atoms with E-state index in [2.05, 4.69) is 35.1 Å². The Bertz CT molecular complexity index is 502. The molecule has 0 fully saturated rings. The lowest BCUT2D eigenvalue weighted by atomic mass is 10.0. The number of hydrazine groups is 1. The van der Waals surface area contributed by atoms with Crippen molar-refractivity contribution in [1.82, 2.24) is 5.43 Å². The molecule has 3 nitrogen and oxygen atoms in total. The van der Waals surface area contributed by atoms with Crippen LogP contribution in [-0.4, -0.2) is 12.1 Å². The molecule has 0 aliphatic carbocycles. The summed E-state index contributed by atoms with van der Waals surface area (Å²) in [4.78, 5) is 1.40. The normalized spacial score (nSPS) is 18.9. The van der Waals surface area contributed by atoms with Gasteiger partial charge in [-0.2, -0.15) is 0 Å². The van der Waals surface area contributed by atoms with E-state index >= 15 is 0 Å². The fourth-order valence-corrected chi connectivity index (χ4v) is 3.29. The highest BCUT2D eigenvalue weighted by atomic mass is 32.1. The summed E-state index contributed by atoms with van der Waals surface area (Å²) >= 11 is 1.80. The number of thiophene rings is 1. The molecular weight excluding hydrogens is 256 g/mol. The first-order chi connectivity index (χ1) is 9.36. The van der Waals surface area contributed by atoms with Crippen molar-refractivity contribution < 1.29 is 4.74 Å². The van der Waals surface area contributed by atoms with Crippen LogP contribution in [0.1, 0.15) is 16.9 Å². The van der Waals surface area contributed by atoms with Crippen LogP contribution < -0.4 is 16.0 Å². The van der Waals surface area contributed by atoms with Gasteiger partial charge in [0.25, 0.3) is 0 Å². The molecule has 1 aromatic carbocycles. The zero-order chi connectivity index (χ0) is 13.1. The number of hydrogen-bond acceptors (Lipinski definition) is 4. The minimum absolute atomic E-state index is 0.141. The largest absolute Gasteiger partial charge is 0.488 e. The Balaban J connectivity index is 1.61. The second-order valence-electron chi connectivity index (χ2n) is 4.86. The molecule has 19 heavy (non-hydrogen) atoms. The number of fused-ring (bicyclic) bond motifs is 1. The highest BCUT2D eigenvalue weighted by Gasteiger charge is 2.29. The number of nitrogens with two attached hydrogens (primary N) is 1. The number of rotatable bonds is 5. The first-order valence-corrected chi connectivity index (χ1v) is 7.48. The van der Waals surface area contributed by atoms with E-state index in [0.717, 1.165) is 25.0 Å².